The first-order valence-corrected chi connectivity index (χ1v) is 11.8. The molecule has 0 unspecified atom stereocenters. The Kier molecular flexibility index (Phi) is 7.35. The number of aliphatic hydroxyl groups excluding tert-OH is 1. The number of anilines is 1. The highest BCUT2D eigenvalue weighted by atomic mass is 32.2. The molecule has 0 radical (unpaired) electrons. The van der Waals surface area contributed by atoms with Gasteiger partial charge >= 0.3 is 5.97 Å². The summed E-state index contributed by atoms with van der Waals surface area (Å²) < 4.78 is 12.8. The molecule has 0 aromatic heterocycles. The number of hydrogen-bond acceptors (Lipinski definition) is 6. The van der Waals surface area contributed by atoms with Crippen molar-refractivity contribution >= 4 is 23.4 Å². The van der Waals surface area contributed by atoms with Crippen LogP contribution in [0.5, 0.6) is 0 Å². The van der Waals surface area contributed by atoms with Crippen molar-refractivity contribution in [2.45, 2.75) is 36.9 Å². The molecular formula is C26H27NO5S. The van der Waals surface area contributed by atoms with Crippen molar-refractivity contribution in [2.24, 2.45) is 5.92 Å². The summed E-state index contributed by atoms with van der Waals surface area (Å²) in [6.45, 7) is 2.06. The van der Waals surface area contributed by atoms with E-state index in [-0.39, 0.29) is 30.3 Å². The molecule has 172 valence electrons. The minimum absolute atomic E-state index is 0.00627. The van der Waals surface area contributed by atoms with E-state index >= 15 is 0 Å². The van der Waals surface area contributed by atoms with E-state index < -0.39 is 12.3 Å². The molecule has 33 heavy (non-hydrogen) atoms. The van der Waals surface area contributed by atoms with Crippen molar-refractivity contribution in [3.8, 4) is 0 Å². The van der Waals surface area contributed by atoms with E-state index in [0.29, 0.717) is 16.3 Å². The smallest absolute Gasteiger partial charge is 0.336 e. The van der Waals surface area contributed by atoms with Gasteiger partial charge in [-0.1, -0.05) is 55.5 Å². The van der Waals surface area contributed by atoms with Crippen LogP contribution in [0.15, 0.2) is 77.7 Å². The molecule has 0 amide bonds. The quantitative estimate of drug-likeness (QED) is 0.332. The maximum atomic E-state index is 11.6. The van der Waals surface area contributed by atoms with Crippen molar-refractivity contribution in [2.75, 3.05) is 11.5 Å². The molecule has 6 nitrogen and oxygen atoms in total. The highest BCUT2D eigenvalue weighted by molar-refractivity contribution is 7.99. The van der Waals surface area contributed by atoms with Crippen LogP contribution in [0.25, 0.3) is 0 Å². The summed E-state index contributed by atoms with van der Waals surface area (Å²) in [6, 6.07) is 22.2. The van der Waals surface area contributed by atoms with Crippen LogP contribution in [0.1, 0.15) is 46.4 Å². The Morgan fingerprint density at radius 2 is 1.76 bits per heavy atom. The lowest BCUT2D eigenvalue weighted by molar-refractivity contribution is -0.268. The van der Waals surface area contributed by atoms with Crippen LogP contribution >= 0.6 is 11.8 Å². The van der Waals surface area contributed by atoms with Gasteiger partial charge in [0.25, 0.3) is 0 Å². The average molecular weight is 466 g/mol. The standard InChI is InChI=1S/C26H27NO5S/c1-16-22(15-33-23-8-3-2-7-21(23)25(29)30)31-26(19-5-4-6-20(27)13-19)32-24(16)18-11-9-17(14-28)10-12-18/h2-13,16,22,24,26,28H,14-15,27H2,1H3,(H,29,30)/t16-,22+,24+,26+/m0/s1. The average Bonchev–Trinajstić information content (AvgIpc) is 2.83. The number of carboxylic acid groups (broad SMARTS) is 1. The second-order valence-corrected chi connectivity index (χ2v) is 9.17. The van der Waals surface area contributed by atoms with Crippen LogP contribution in [0.2, 0.25) is 0 Å². The van der Waals surface area contributed by atoms with Gasteiger partial charge in [-0.3, -0.25) is 0 Å². The SMILES string of the molecule is C[C@H]1[C@@H](CSc2ccccc2C(=O)O)O[C@@H](c2cccc(N)c2)O[C@H]1c1ccc(CO)cc1. The molecule has 4 rings (SSSR count). The Morgan fingerprint density at radius 1 is 1.00 bits per heavy atom. The molecule has 1 fully saturated rings. The van der Waals surface area contributed by atoms with Crippen molar-refractivity contribution in [1.82, 2.24) is 0 Å². The molecular weight excluding hydrogens is 438 g/mol. The van der Waals surface area contributed by atoms with Gasteiger partial charge in [0.05, 0.1) is 24.4 Å². The van der Waals surface area contributed by atoms with E-state index in [0.717, 1.165) is 16.7 Å². The van der Waals surface area contributed by atoms with Gasteiger partial charge in [-0.05, 0) is 35.4 Å². The minimum Gasteiger partial charge on any atom is -0.478 e. The van der Waals surface area contributed by atoms with E-state index in [4.69, 9.17) is 15.2 Å². The third-order valence-corrected chi connectivity index (χ3v) is 6.99. The van der Waals surface area contributed by atoms with Crippen LogP contribution in [0, 0.1) is 5.92 Å². The van der Waals surface area contributed by atoms with Gasteiger partial charge < -0.3 is 25.4 Å². The predicted molar refractivity (Wildman–Crippen MR) is 128 cm³/mol. The third-order valence-electron chi connectivity index (χ3n) is 5.83. The first kappa shape index (κ1) is 23.3. The van der Waals surface area contributed by atoms with Gasteiger partial charge in [-0.15, -0.1) is 11.8 Å². The third kappa shape index (κ3) is 5.39. The van der Waals surface area contributed by atoms with E-state index in [1.165, 1.54) is 11.8 Å². The van der Waals surface area contributed by atoms with E-state index in [1.807, 2.05) is 60.7 Å². The van der Waals surface area contributed by atoms with Crippen LogP contribution < -0.4 is 5.73 Å². The number of aliphatic hydroxyl groups is 1. The maximum Gasteiger partial charge on any atom is 0.336 e. The molecule has 0 aliphatic carbocycles. The summed E-state index contributed by atoms with van der Waals surface area (Å²) in [4.78, 5) is 12.3. The Morgan fingerprint density at radius 3 is 2.45 bits per heavy atom. The zero-order valence-corrected chi connectivity index (χ0v) is 19.1. The molecule has 4 atom stereocenters. The van der Waals surface area contributed by atoms with E-state index in [9.17, 15) is 15.0 Å². The van der Waals surface area contributed by atoms with Crippen molar-refractivity contribution in [3.63, 3.8) is 0 Å². The van der Waals surface area contributed by atoms with Gasteiger partial charge in [0.2, 0.25) is 0 Å². The van der Waals surface area contributed by atoms with Crippen LogP contribution in [0.3, 0.4) is 0 Å². The molecule has 3 aromatic rings. The van der Waals surface area contributed by atoms with Crippen molar-refractivity contribution < 1.29 is 24.5 Å². The summed E-state index contributed by atoms with van der Waals surface area (Å²) in [7, 11) is 0. The largest absolute Gasteiger partial charge is 0.478 e. The highest BCUT2D eigenvalue weighted by Gasteiger charge is 2.38. The van der Waals surface area contributed by atoms with Gasteiger partial charge in [-0.25, -0.2) is 4.79 Å². The van der Waals surface area contributed by atoms with Crippen LogP contribution in [-0.2, 0) is 16.1 Å². The number of carboxylic acids is 1. The second kappa shape index (κ2) is 10.4. The van der Waals surface area contributed by atoms with Crippen LogP contribution in [-0.4, -0.2) is 28.0 Å². The summed E-state index contributed by atoms with van der Waals surface area (Å²) >= 11 is 1.47. The molecule has 0 bridgehead atoms. The zero-order chi connectivity index (χ0) is 23.4. The summed E-state index contributed by atoms with van der Waals surface area (Å²) in [5, 5.41) is 18.9. The number of carbonyl (C=O) groups is 1. The van der Waals surface area contributed by atoms with Gasteiger partial charge in [0.15, 0.2) is 6.29 Å². The number of nitrogen functional groups attached to an aromatic ring is 1. The number of thioether (sulfide) groups is 1. The van der Waals surface area contributed by atoms with E-state index in [1.54, 1.807) is 12.1 Å². The number of nitrogens with two attached hydrogens (primary N) is 1. The molecule has 4 N–H and O–H groups in total. The fourth-order valence-corrected chi connectivity index (χ4v) is 5.17. The molecule has 0 saturated carbocycles. The number of aromatic carboxylic acids is 1. The predicted octanol–water partition coefficient (Wildman–Crippen LogP) is 5.04. The van der Waals surface area contributed by atoms with Gasteiger partial charge in [-0.2, -0.15) is 0 Å². The summed E-state index contributed by atoms with van der Waals surface area (Å²) in [6.07, 6.45) is -1.04. The lowest BCUT2D eigenvalue weighted by Gasteiger charge is -2.41. The first-order chi connectivity index (χ1) is 16.0. The molecule has 0 spiro atoms. The zero-order valence-electron chi connectivity index (χ0n) is 18.3. The highest BCUT2D eigenvalue weighted by Crippen LogP contribution is 2.43. The number of rotatable bonds is 7. The van der Waals surface area contributed by atoms with Gasteiger partial charge in [0, 0.05) is 27.8 Å². The molecule has 1 heterocycles. The molecule has 1 aliphatic heterocycles. The molecule has 3 aromatic carbocycles. The monoisotopic (exact) mass is 465 g/mol. The molecule has 7 heteroatoms. The summed E-state index contributed by atoms with van der Waals surface area (Å²) in [5.41, 5.74) is 9.57. The second-order valence-electron chi connectivity index (χ2n) is 8.10. The molecule has 1 saturated heterocycles. The van der Waals surface area contributed by atoms with Crippen molar-refractivity contribution in [1.29, 1.82) is 0 Å². The molecule has 1 aliphatic rings. The van der Waals surface area contributed by atoms with Crippen molar-refractivity contribution in [3.05, 3.63) is 95.1 Å². The number of ether oxygens (including phenoxy) is 2. The van der Waals surface area contributed by atoms with E-state index in [2.05, 4.69) is 6.92 Å². The van der Waals surface area contributed by atoms with Crippen LogP contribution in [0.4, 0.5) is 5.69 Å². The Labute approximate surface area is 197 Å². The number of benzene rings is 3. The topological polar surface area (TPSA) is 102 Å². The fourth-order valence-electron chi connectivity index (χ4n) is 3.96. The lowest BCUT2D eigenvalue weighted by Crippen LogP contribution is -2.38. The fraction of sp³-hybridized carbons (Fsp3) is 0.269. The Hall–Kier alpha value is -2.84. The Bertz CT molecular complexity index is 1100. The summed E-state index contributed by atoms with van der Waals surface area (Å²) in [5.74, 6) is -0.371. The van der Waals surface area contributed by atoms with Gasteiger partial charge in [0.1, 0.15) is 0 Å². The maximum absolute atomic E-state index is 11.6. The normalized spacial score (nSPS) is 22.7. The minimum atomic E-state index is -0.946. The lowest BCUT2D eigenvalue weighted by atomic mass is 9.91. The Balaban J connectivity index is 1.61. The first-order valence-electron chi connectivity index (χ1n) is 10.8. The number of hydrogen-bond donors (Lipinski definition) is 3.